The smallest absolute Gasteiger partial charge is 0.478 e. The fourth-order valence-corrected chi connectivity index (χ4v) is 7.49. The third-order valence-corrected chi connectivity index (χ3v) is 9.78. The molecule has 0 heterocycles. The molecule has 1 N–H and O–H groups in total. The first-order valence-electron chi connectivity index (χ1n) is 9.78. The van der Waals surface area contributed by atoms with Gasteiger partial charge < -0.3 is 18.4 Å². The quantitative estimate of drug-likeness (QED) is 0.346. The van der Waals surface area contributed by atoms with E-state index < -0.39 is 29.9 Å². The van der Waals surface area contributed by atoms with Crippen molar-refractivity contribution in [3.05, 3.63) is 42.0 Å². The van der Waals surface area contributed by atoms with Crippen LogP contribution in [0, 0.1) is 6.92 Å². The van der Waals surface area contributed by atoms with Crippen molar-refractivity contribution in [1.82, 2.24) is 0 Å². The van der Waals surface area contributed by atoms with Crippen molar-refractivity contribution in [3.8, 4) is 0 Å². The van der Waals surface area contributed by atoms with E-state index in [1.54, 1.807) is 12.1 Å². The van der Waals surface area contributed by atoms with Crippen LogP contribution in [-0.2, 0) is 27.9 Å². The fourth-order valence-electron chi connectivity index (χ4n) is 3.05. The summed E-state index contributed by atoms with van der Waals surface area (Å²) in [5.74, 6) is -1.33. The van der Waals surface area contributed by atoms with Gasteiger partial charge >= 0.3 is 14.8 Å². The van der Waals surface area contributed by atoms with Gasteiger partial charge in [0.05, 0.1) is 10.1 Å². The zero-order valence-corrected chi connectivity index (χ0v) is 19.5. The number of benzene rings is 1. The summed E-state index contributed by atoms with van der Waals surface area (Å²) in [5, 5.41) is 8.15. The topological polar surface area (TPSA) is 99.1 Å². The number of carbonyl (C=O) groups is 1. The zero-order chi connectivity index (χ0) is 22.1. The second kappa shape index (κ2) is 11.6. The average Bonchev–Trinajstić information content (AvgIpc) is 2.65. The number of hydrogen-bond acceptors (Lipinski definition) is 6. The van der Waals surface area contributed by atoms with Gasteiger partial charge in [-0.3, -0.25) is 0 Å². The molecule has 29 heavy (non-hydrogen) atoms. The number of aliphatic carboxylic acids is 1. The van der Waals surface area contributed by atoms with Crippen molar-refractivity contribution in [1.29, 1.82) is 0 Å². The molecule has 0 amide bonds. The molecule has 0 aliphatic rings. The van der Waals surface area contributed by atoms with E-state index in [0.29, 0.717) is 32.3 Å². The molecule has 1 unspecified atom stereocenters. The summed E-state index contributed by atoms with van der Waals surface area (Å²) in [7, 11) is -6.85. The van der Waals surface area contributed by atoms with Gasteiger partial charge in [0, 0.05) is 31.4 Å². The second-order valence-electron chi connectivity index (χ2n) is 6.55. The van der Waals surface area contributed by atoms with Crippen LogP contribution in [0.4, 0.5) is 0 Å². The summed E-state index contributed by atoms with van der Waals surface area (Å²) in [4.78, 5) is 11.6. The van der Waals surface area contributed by atoms with Gasteiger partial charge in [-0.2, -0.15) is 0 Å². The van der Waals surface area contributed by atoms with Crippen molar-refractivity contribution in [2.45, 2.75) is 56.7 Å². The highest BCUT2D eigenvalue weighted by Gasteiger charge is 2.41. The van der Waals surface area contributed by atoms with Crippen LogP contribution >= 0.6 is 0 Å². The minimum absolute atomic E-state index is 0.0819. The SMILES string of the molecule is C=C(C(=O)O)C(CCC[Si](OCC)(OCC)OCC)S(=O)(=O)c1ccc(C)cc1. The second-order valence-corrected chi connectivity index (χ2v) is 11.4. The molecule has 1 aromatic carbocycles. The summed E-state index contributed by atoms with van der Waals surface area (Å²) in [6.07, 6.45) is 0.456. The van der Waals surface area contributed by atoms with E-state index in [1.807, 2.05) is 27.7 Å². The fraction of sp³-hybridized carbons (Fsp3) is 0.550. The van der Waals surface area contributed by atoms with Crippen LogP contribution in [0.3, 0.4) is 0 Å². The van der Waals surface area contributed by atoms with Gasteiger partial charge in [-0.05, 0) is 52.7 Å². The standard InChI is InChI=1S/C20H32O7SSi/c1-6-25-29(26-7-2,27-8-3)15-9-10-19(17(5)20(21)22)28(23,24)18-13-11-16(4)12-14-18/h11-14,19H,5-10,15H2,1-4H3,(H,21,22). The molecule has 0 bridgehead atoms. The highest BCUT2D eigenvalue weighted by atomic mass is 32.2. The number of carboxylic acid groups (broad SMARTS) is 1. The summed E-state index contributed by atoms with van der Waals surface area (Å²) in [5.41, 5.74) is 0.570. The van der Waals surface area contributed by atoms with Gasteiger partial charge in [0.15, 0.2) is 9.84 Å². The van der Waals surface area contributed by atoms with Crippen LogP contribution in [0.25, 0.3) is 0 Å². The molecule has 0 saturated heterocycles. The van der Waals surface area contributed by atoms with E-state index in [0.717, 1.165) is 5.56 Å². The van der Waals surface area contributed by atoms with Crippen molar-refractivity contribution >= 4 is 24.6 Å². The Morgan fingerprint density at radius 2 is 1.55 bits per heavy atom. The molecular formula is C20H32O7SSi. The van der Waals surface area contributed by atoms with Gasteiger partial charge in [-0.25, -0.2) is 13.2 Å². The van der Waals surface area contributed by atoms with Crippen molar-refractivity contribution in [2.75, 3.05) is 19.8 Å². The molecule has 0 saturated carbocycles. The van der Waals surface area contributed by atoms with Gasteiger partial charge in [0.25, 0.3) is 0 Å². The normalized spacial score (nSPS) is 13.2. The monoisotopic (exact) mass is 444 g/mol. The molecule has 0 aromatic heterocycles. The van der Waals surface area contributed by atoms with E-state index in [-0.39, 0.29) is 16.9 Å². The highest BCUT2D eigenvalue weighted by molar-refractivity contribution is 7.92. The van der Waals surface area contributed by atoms with Crippen molar-refractivity contribution < 1.29 is 31.6 Å². The van der Waals surface area contributed by atoms with E-state index in [9.17, 15) is 18.3 Å². The molecule has 0 spiro atoms. The van der Waals surface area contributed by atoms with E-state index >= 15 is 0 Å². The van der Waals surface area contributed by atoms with E-state index in [2.05, 4.69) is 6.58 Å². The summed E-state index contributed by atoms with van der Waals surface area (Å²) in [6, 6.07) is 6.75. The van der Waals surface area contributed by atoms with Crippen LogP contribution in [0.5, 0.6) is 0 Å². The van der Waals surface area contributed by atoms with Gasteiger partial charge in [-0.1, -0.05) is 24.3 Å². The van der Waals surface area contributed by atoms with E-state index in [4.69, 9.17) is 13.3 Å². The lowest BCUT2D eigenvalue weighted by molar-refractivity contribution is -0.132. The Morgan fingerprint density at radius 1 is 1.07 bits per heavy atom. The lowest BCUT2D eigenvalue weighted by Gasteiger charge is -2.29. The Bertz CT molecular complexity index is 758. The van der Waals surface area contributed by atoms with Crippen LogP contribution in [0.1, 0.15) is 39.2 Å². The molecule has 1 aromatic rings. The first kappa shape index (κ1) is 25.5. The minimum atomic E-state index is -3.90. The maximum Gasteiger partial charge on any atom is 0.500 e. The molecule has 9 heteroatoms. The molecule has 1 atom stereocenters. The molecular weight excluding hydrogens is 412 g/mol. The first-order chi connectivity index (χ1) is 13.6. The highest BCUT2D eigenvalue weighted by Crippen LogP contribution is 2.28. The van der Waals surface area contributed by atoms with Gasteiger partial charge in [0.2, 0.25) is 0 Å². The molecule has 7 nitrogen and oxygen atoms in total. The number of sulfone groups is 1. The maximum absolute atomic E-state index is 13.1. The summed E-state index contributed by atoms with van der Waals surface area (Å²) >= 11 is 0. The number of rotatable bonds is 14. The van der Waals surface area contributed by atoms with Crippen molar-refractivity contribution in [3.63, 3.8) is 0 Å². The van der Waals surface area contributed by atoms with Gasteiger partial charge in [-0.15, -0.1) is 0 Å². The summed E-state index contributed by atoms with van der Waals surface area (Å²) < 4.78 is 43.6. The predicted molar refractivity (Wildman–Crippen MR) is 114 cm³/mol. The minimum Gasteiger partial charge on any atom is -0.478 e. The predicted octanol–water partition coefficient (Wildman–Crippen LogP) is 3.61. The lowest BCUT2D eigenvalue weighted by Crippen LogP contribution is -2.46. The van der Waals surface area contributed by atoms with E-state index in [1.165, 1.54) is 12.1 Å². The third-order valence-electron chi connectivity index (χ3n) is 4.43. The lowest BCUT2D eigenvalue weighted by atomic mass is 10.1. The van der Waals surface area contributed by atoms with Gasteiger partial charge in [0.1, 0.15) is 0 Å². The number of carboxylic acids is 1. The average molecular weight is 445 g/mol. The Hall–Kier alpha value is -1.52. The van der Waals surface area contributed by atoms with Crippen molar-refractivity contribution in [2.24, 2.45) is 0 Å². The van der Waals surface area contributed by atoms with Crippen LogP contribution in [-0.4, -0.2) is 53.4 Å². The Labute approximate surface area is 175 Å². The van der Waals surface area contributed by atoms with Crippen LogP contribution in [0.15, 0.2) is 41.3 Å². The van der Waals surface area contributed by atoms with Crippen LogP contribution in [0.2, 0.25) is 6.04 Å². The maximum atomic E-state index is 13.1. The molecule has 0 radical (unpaired) electrons. The number of aryl methyl sites for hydroxylation is 1. The third kappa shape index (κ3) is 7.04. The molecule has 164 valence electrons. The Balaban J connectivity index is 3.09. The van der Waals surface area contributed by atoms with Crippen LogP contribution < -0.4 is 0 Å². The summed E-state index contributed by atoms with van der Waals surface area (Å²) in [6.45, 7) is 12.2. The molecule has 1 rings (SSSR count). The number of hydrogen-bond donors (Lipinski definition) is 1. The molecule has 0 aliphatic carbocycles. The Morgan fingerprint density at radius 3 is 1.97 bits per heavy atom. The zero-order valence-electron chi connectivity index (χ0n) is 17.6. The molecule has 0 fully saturated rings. The molecule has 0 aliphatic heterocycles. The largest absolute Gasteiger partial charge is 0.500 e. The Kier molecular flexibility index (Phi) is 10.2. The first-order valence-corrected chi connectivity index (χ1v) is 13.3.